The molecule has 1 saturated carbocycles. The van der Waals surface area contributed by atoms with Crippen LogP contribution in [0.2, 0.25) is 10.0 Å². The molecular formula is C16H21Cl2N. The molecule has 1 nitrogen and oxygen atoms in total. The Morgan fingerprint density at radius 1 is 1.05 bits per heavy atom. The minimum Gasteiger partial charge on any atom is -0.316 e. The second-order valence-electron chi connectivity index (χ2n) is 6.04. The molecule has 1 aromatic rings. The van der Waals surface area contributed by atoms with Gasteiger partial charge in [-0.25, -0.2) is 0 Å². The third kappa shape index (κ3) is 2.53. The normalized spacial score (nSPS) is 26.5. The second-order valence-corrected chi connectivity index (χ2v) is 6.85. The Kier molecular flexibility index (Phi) is 4.07. The Hall–Kier alpha value is -0.240. The molecule has 3 rings (SSSR count). The first-order valence-corrected chi connectivity index (χ1v) is 8.14. The maximum Gasteiger partial charge on any atom is 0.0595 e. The fourth-order valence-electron chi connectivity index (χ4n) is 4.05. The summed E-state index contributed by atoms with van der Waals surface area (Å²) in [6.45, 7) is 2.31. The summed E-state index contributed by atoms with van der Waals surface area (Å²) in [4.78, 5) is 0. The van der Waals surface area contributed by atoms with Gasteiger partial charge >= 0.3 is 0 Å². The highest BCUT2D eigenvalue weighted by molar-refractivity contribution is 6.42. The fourth-order valence-corrected chi connectivity index (χ4v) is 4.35. The smallest absolute Gasteiger partial charge is 0.0595 e. The summed E-state index contributed by atoms with van der Waals surface area (Å²) in [5.74, 6) is 0.755. The summed E-state index contributed by atoms with van der Waals surface area (Å²) in [6, 6.07) is 6.29. The number of hydrogen-bond donors (Lipinski definition) is 1. The van der Waals surface area contributed by atoms with Gasteiger partial charge in [0.05, 0.1) is 10.0 Å². The van der Waals surface area contributed by atoms with Gasteiger partial charge in [0.15, 0.2) is 0 Å². The van der Waals surface area contributed by atoms with Gasteiger partial charge in [-0.3, -0.25) is 0 Å². The predicted molar refractivity (Wildman–Crippen MR) is 82.2 cm³/mol. The van der Waals surface area contributed by atoms with Crippen molar-refractivity contribution in [3.05, 3.63) is 33.8 Å². The van der Waals surface area contributed by atoms with Crippen molar-refractivity contribution in [3.8, 4) is 0 Å². The largest absolute Gasteiger partial charge is 0.316 e. The minimum absolute atomic E-state index is 0.329. The summed E-state index contributed by atoms with van der Waals surface area (Å²) in [6.07, 6.45) is 7.96. The van der Waals surface area contributed by atoms with E-state index in [-0.39, 0.29) is 0 Å². The van der Waals surface area contributed by atoms with E-state index < -0.39 is 0 Å². The zero-order valence-electron chi connectivity index (χ0n) is 11.2. The van der Waals surface area contributed by atoms with Gasteiger partial charge in [-0.05, 0) is 61.4 Å². The van der Waals surface area contributed by atoms with Crippen LogP contribution < -0.4 is 5.32 Å². The van der Waals surface area contributed by atoms with Crippen molar-refractivity contribution in [3.63, 3.8) is 0 Å². The van der Waals surface area contributed by atoms with Crippen molar-refractivity contribution in [2.24, 2.45) is 5.92 Å². The third-order valence-corrected chi connectivity index (χ3v) is 5.82. The van der Waals surface area contributed by atoms with Crippen LogP contribution >= 0.6 is 23.2 Å². The molecule has 0 aromatic heterocycles. The van der Waals surface area contributed by atoms with E-state index in [0.717, 1.165) is 19.0 Å². The third-order valence-electron chi connectivity index (χ3n) is 5.08. The highest BCUT2D eigenvalue weighted by atomic mass is 35.5. The predicted octanol–water partition coefficient (Wildman–Crippen LogP) is 4.80. The Morgan fingerprint density at radius 2 is 1.84 bits per heavy atom. The average molecular weight is 298 g/mol. The molecule has 2 fully saturated rings. The molecule has 0 radical (unpaired) electrons. The van der Waals surface area contributed by atoms with E-state index >= 15 is 0 Å². The minimum atomic E-state index is 0.329. The summed E-state index contributed by atoms with van der Waals surface area (Å²) in [5.41, 5.74) is 1.74. The molecule has 19 heavy (non-hydrogen) atoms. The first-order chi connectivity index (χ1) is 9.22. The van der Waals surface area contributed by atoms with E-state index in [1.807, 2.05) is 6.07 Å². The van der Waals surface area contributed by atoms with Gasteiger partial charge in [-0.2, -0.15) is 0 Å². The molecule has 1 heterocycles. The number of rotatable bonds is 2. The molecule has 1 atom stereocenters. The molecule has 2 aliphatic rings. The van der Waals surface area contributed by atoms with Crippen molar-refractivity contribution in [2.45, 2.75) is 43.9 Å². The summed E-state index contributed by atoms with van der Waals surface area (Å²) in [5, 5.41) is 4.90. The molecule has 0 spiro atoms. The fraction of sp³-hybridized carbons (Fsp3) is 0.625. The molecule has 0 unspecified atom stereocenters. The lowest BCUT2D eigenvalue weighted by Gasteiger charge is -2.43. The van der Waals surface area contributed by atoms with Crippen LogP contribution in [0.3, 0.4) is 0 Å². The molecule has 0 bridgehead atoms. The van der Waals surface area contributed by atoms with Crippen LogP contribution in [0, 0.1) is 5.92 Å². The first-order valence-electron chi connectivity index (χ1n) is 7.39. The summed E-state index contributed by atoms with van der Waals surface area (Å²) in [7, 11) is 0. The number of benzene rings is 1. The quantitative estimate of drug-likeness (QED) is 0.826. The molecule has 1 aliphatic heterocycles. The van der Waals surface area contributed by atoms with Crippen LogP contribution in [0.4, 0.5) is 0 Å². The SMILES string of the molecule is Clc1ccc(C2([C@@H]3CCNC3)CCCCC2)cc1Cl. The van der Waals surface area contributed by atoms with Gasteiger partial charge in [0.1, 0.15) is 0 Å². The van der Waals surface area contributed by atoms with E-state index in [4.69, 9.17) is 23.2 Å². The van der Waals surface area contributed by atoms with E-state index in [2.05, 4.69) is 17.4 Å². The molecule has 1 N–H and O–H groups in total. The summed E-state index contributed by atoms with van der Waals surface area (Å²) < 4.78 is 0. The topological polar surface area (TPSA) is 12.0 Å². The zero-order valence-corrected chi connectivity index (χ0v) is 12.7. The first kappa shape index (κ1) is 13.7. The highest BCUT2D eigenvalue weighted by Gasteiger charge is 2.42. The van der Waals surface area contributed by atoms with Crippen LogP contribution in [-0.4, -0.2) is 13.1 Å². The lowest BCUT2D eigenvalue weighted by Crippen LogP contribution is -2.38. The van der Waals surface area contributed by atoms with E-state index in [0.29, 0.717) is 15.5 Å². The molecule has 1 aromatic carbocycles. The van der Waals surface area contributed by atoms with Crippen molar-refractivity contribution in [1.29, 1.82) is 0 Å². The Balaban J connectivity index is 1.99. The lowest BCUT2D eigenvalue weighted by atomic mass is 9.62. The summed E-state index contributed by atoms with van der Waals surface area (Å²) >= 11 is 12.3. The molecule has 104 valence electrons. The molecular weight excluding hydrogens is 277 g/mol. The standard InChI is InChI=1S/C16H21Cl2N/c17-14-5-4-12(10-15(14)18)16(7-2-1-3-8-16)13-6-9-19-11-13/h4-5,10,13,19H,1-3,6-9,11H2/t13-/m1/s1. The van der Waals surface area contributed by atoms with Crippen LogP contribution in [0.15, 0.2) is 18.2 Å². The Bertz CT molecular complexity index is 446. The lowest BCUT2D eigenvalue weighted by molar-refractivity contribution is 0.202. The van der Waals surface area contributed by atoms with Crippen molar-refractivity contribution >= 4 is 23.2 Å². The number of hydrogen-bond acceptors (Lipinski definition) is 1. The number of nitrogens with one attached hydrogen (secondary N) is 1. The molecule has 3 heteroatoms. The maximum atomic E-state index is 6.25. The molecule has 1 saturated heterocycles. The number of halogens is 2. The second kappa shape index (κ2) is 5.63. The van der Waals surface area contributed by atoms with E-state index in [1.54, 1.807) is 0 Å². The van der Waals surface area contributed by atoms with Gasteiger partial charge in [-0.1, -0.05) is 48.5 Å². The van der Waals surface area contributed by atoms with Gasteiger partial charge in [0.2, 0.25) is 0 Å². The zero-order chi connectivity index (χ0) is 13.3. The molecule has 0 amide bonds. The average Bonchev–Trinajstić information content (AvgIpc) is 2.97. The van der Waals surface area contributed by atoms with Crippen molar-refractivity contribution < 1.29 is 0 Å². The van der Waals surface area contributed by atoms with Crippen LogP contribution in [-0.2, 0) is 5.41 Å². The van der Waals surface area contributed by atoms with E-state index in [9.17, 15) is 0 Å². The van der Waals surface area contributed by atoms with Gasteiger partial charge in [-0.15, -0.1) is 0 Å². The monoisotopic (exact) mass is 297 g/mol. The van der Waals surface area contributed by atoms with Crippen LogP contribution in [0.1, 0.15) is 44.1 Å². The van der Waals surface area contributed by atoms with E-state index in [1.165, 1.54) is 44.1 Å². The van der Waals surface area contributed by atoms with Gasteiger partial charge in [0.25, 0.3) is 0 Å². The Labute approximate surface area is 125 Å². The highest BCUT2D eigenvalue weighted by Crippen LogP contribution is 2.48. The van der Waals surface area contributed by atoms with Crippen molar-refractivity contribution in [1.82, 2.24) is 5.32 Å². The van der Waals surface area contributed by atoms with Gasteiger partial charge < -0.3 is 5.32 Å². The van der Waals surface area contributed by atoms with Crippen molar-refractivity contribution in [2.75, 3.05) is 13.1 Å². The van der Waals surface area contributed by atoms with Gasteiger partial charge in [0, 0.05) is 0 Å². The Morgan fingerprint density at radius 3 is 2.47 bits per heavy atom. The van der Waals surface area contributed by atoms with Crippen LogP contribution in [0.25, 0.3) is 0 Å². The van der Waals surface area contributed by atoms with Crippen LogP contribution in [0.5, 0.6) is 0 Å². The maximum absolute atomic E-state index is 6.25. The molecule has 1 aliphatic carbocycles.